The highest BCUT2D eigenvalue weighted by molar-refractivity contribution is 6.27. The van der Waals surface area contributed by atoms with Gasteiger partial charge >= 0.3 is 0 Å². The molecule has 9 aromatic carbocycles. The minimum Gasteiger partial charge on any atom is -0.309 e. The SMILES string of the molecule is O=c1c2ccccc2c2cccc3c4cc(-c5ccc(-n6c7ccccc7c7ccc8c(c9ccccc9n8-c8ccccc8)c76)c6ccccc56)ccc4n1c23. The number of fused-ring (bicyclic) bond motifs is 13. The Hall–Kier alpha value is -7.69. The van der Waals surface area contributed by atoms with Gasteiger partial charge in [-0.1, -0.05) is 133 Å². The van der Waals surface area contributed by atoms with E-state index in [1.54, 1.807) is 0 Å². The molecule has 0 atom stereocenters. The third kappa shape index (κ3) is 3.98. The van der Waals surface area contributed by atoms with E-state index in [0.717, 1.165) is 60.5 Å². The Balaban J connectivity index is 1.10. The van der Waals surface area contributed by atoms with Crippen LogP contribution < -0.4 is 5.56 Å². The molecular weight excluding hydrogens is 695 g/mol. The number of hydrogen-bond donors (Lipinski definition) is 0. The van der Waals surface area contributed by atoms with Crippen molar-refractivity contribution in [1.29, 1.82) is 0 Å². The zero-order chi connectivity index (χ0) is 37.4. The van der Waals surface area contributed by atoms with Gasteiger partial charge in [-0.25, -0.2) is 0 Å². The van der Waals surface area contributed by atoms with E-state index in [1.807, 2.05) is 22.6 Å². The second-order valence-electron chi connectivity index (χ2n) is 15.2. The van der Waals surface area contributed by atoms with E-state index >= 15 is 0 Å². The molecule has 0 saturated heterocycles. The summed E-state index contributed by atoms with van der Waals surface area (Å²) in [5.74, 6) is 0. The molecule has 13 aromatic rings. The molecule has 0 aliphatic rings. The lowest BCUT2D eigenvalue weighted by atomic mass is 9.95. The molecule has 0 spiro atoms. The third-order valence-corrected chi connectivity index (χ3v) is 12.4. The van der Waals surface area contributed by atoms with Gasteiger partial charge in [-0.3, -0.25) is 9.20 Å². The summed E-state index contributed by atoms with van der Waals surface area (Å²) in [5, 5.41) is 12.3. The Morgan fingerprint density at radius 3 is 1.74 bits per heavy atom. The summed E-state index contributed by atoms with van der Waals surface area (Å²) in [4.78, 5) is 14.0. The molecule has 13 rings (SSSR count). The molecule has 4 heterocycles. The van der Waals surface area contributed by atoms with Crippen LogP contribution in [-0.4, -0.2) is 13.5 Å². The Morgan fingerprint density at radius 1 is 0.333 bits per heavy atom. The molecule has 4 aromatic heterocycles. The van der Waals surface area contributed by atoms with Gasteiger partial charge in [0.15, 0.2) is 0 Å². The van der Waals surface area contributed by atoms with Crippen LogP contribution in [0.5, 0.6) is 0 Å². The van der Waals surface area contributed by atoms with E-state index in [1.165, 1.54) is 54.4 Å². The molecular formula is C53H31N3O. The molecule has 4 heteroatoms. The largest absolute Gasteiger partial charge is 0.309 e. The average molecular weight is 726 g/mol. The molecule has 0 N–H and O–H groups in total. The first kappa shape index (κ1) is 30.6. The van der Waals surface area contributed by atoms with E-state index in [4.69, 9.17) is 0 Å². The second kappa shape index (κ2) is 11.2. The zero-order valence-corrected chi connectivity index (χ0v) is 30.6. The van der Waals surface area contributed by atoms with Crippen molar-refractivity contribution in [2.45, 2.75) is 0 Å². The van der Waals surface area contributed by atoms with Crippen molar-refractivity contribution in [3.8, 4) is 22.5 Å². The maximum absolute atomic E-state index is 14.0. The third-order valence-electron chi connectivity index (χ3n) is 12.4. The summed E-state index contributed by atoms with van der Waals surface area (Å²) in [6, 6.07) is 67.3. The van der Waals surface area contributed by atoms with Gasteiger partial charge in [0.25, 0.3) is 5.56 Å². The predicted octanol–water partition coefficient (Wildman–Crippen LogP) is 13.2. The first-order valence-electron chi connectivity index (χ1n) is 19.5. The number of pyridine rings is 1. The lowest BCUT2D eigenvalue weighted by Gasteiger charge is -2.15. The van der Waals surface area contributed by atoms with Gasteiger partial charge in [-0.2, -0.15) is 0 Å². The molecule has 0 saturated carbocycles. The molecule has 0 amide bonds. The summed E-state index contributed by atoms with van der Waals surface area (Å²) in [6.45, 7) is 0. The van der Waals surface area contributed by atoms with Crippen LogP contribution >= 0.6 is 0 Å². The summed E-state index contributed by atoms with van der Waals surface area (Å²) in [7, 11) is 0. The van der Waals surface area contributed by atoms with E-state index < -0.39 is 0 Å². The monoisotopic (exact) mass is 725 g/mol. The number of benzene rings is 9. The molecule has 57 heavy (non-hydrogen) atoms. The molecule has 4 nitrogen and oxygen atoms in total. The minimum absolute atomic E-state index is 0.0269. The van der Waals surface area contributed by atoms with Crippen LogP contribution in [0.3, 0.4) is 0 Å². The van der Waals surface area contributed by atoms with Crippen molar-refractivity contribution in [2.24, 2.45) is 0 Å². The molecule has 264 valence electrons. The van der Waals surface area contributed by atoms with Gasteiger partial charge in [-0.05, 0) is 76.5 Å². The van der Waals surface area contributed by atoms with E-state index in [9.17, 15) is 4.79 Å². The normalized spacial score (nSPS) is 12.3. The highest BCUT2D eigenvalue weighted by atomic mass is 16.1. The fourth-order valence-corrected chi connectivity index (χ4v) is 10.0. The van der Waals surface area contributed by atoms with Gasteiger partial charge in [0.2, 0.25) is 0 Å². The van der Waals surface area contributed by atoms with E-state index in [2.05, 4.69) is 179 Å². The standard InChI is InChI=1S/C53H31N3O/c57-53-42-19-7-5-16-36(42)39-21-12-22-40-44-31-32(25-28-48(44)56(53)51(39)40)34-26-29-47(37-17-6-4-15-35(34)37)55-45-23-10-8-18-38(45)41-27-30-49-50(52(41)55)43-20-9-11-24-46(43)54(49)33-13-2-1-3-14-33/h1-31H. The molecule has 0 unspecified atom stereocenters. The quantitative estimate of drug-likeness (QED) is 0.167. The van der Waals surface area contributed by atoms with E-state index in [-0.39, 0.29) is 5.56 Å². The van der Waals surface area contributed by atoms with Gasteiger partial charge < -0.3 is 9.13 Å². The average Bonchev–Trinajstić information content (AvgIpc) is 3.91. The predicted molar refractivity (Wildman–Crippen MR) is 239 cm³/mol. The molecule has 0 radical (unpaired) electrons. The summed E-state index contributed by atoms with van der Waals surface area (Å²) in [6.07, 6.45) is 0. The maximum atomic E-state index is 14.0. The first-order chi connectivity index (χ1) is 28.2. The van der Waals surface area contributed by atoms with Gasteiger partial charge in [-0.15, -0.1) is 0 Å². The van der Waals surface area contributed by atoms with E-state index in [0.29, 0.717) is 0 Å². The molecule has 0 aliphatic heterocycles. The molecule has 0 aliphatic carbocycles. The van der Waals surface area contributed by atoms with Crippen molar-refractivity contribution in [3.63, 3.8) is 0 Å². The minimum atomic E-state index is 0.0269. The number of rotatable bonds is 3. The van der Waals surface area contributed by atoms with Crippen molar-refractivity contribution in [3.05, 3.63) is 198 Å². The van der Waals surface area contributed by atoms with Crippen molar-refractivity contribution in [2.75, 3.05) is 0 Å². The Bertz CT molecular complexity index is 3890. The summed E-state index contributed by atoms with van der Waals surface area (Å²) >= 11 is 0. The topological polar surface area (TPSA) is 31.3 Å². The molecule has 0 fully saturated rings. The summed E-state index contributed by atoms with van der Waals surface area (Å²) in [5.41, 5.74) is 11.3. The van der Waals surface area contributed by atoms with Gasteiger partial charge in [0, 0.05) is 54.2 Å². The number of nitrogens with zero attached hydrogens (tertiary/aromatic N) is 3. The fraction of sp³-hybridized carbons (Fsp3) is 0. The van der Waals surface area contributed by atoms with Crippen LogP contribution in [0.4, 0.5) is 0 Å². The highest BCUT2D eigenvalue weighted by Crippen LogP contribution is 2.44. The van der Waals surface area contributed by atoms with Crippen LogP contribution in [0.15, 0.2) is 193 Å². The Labute approximate surface area is 325 Å². The smallest absolute Gasteiger partial charge is 0.263 e. The molecule has 0 bridgehead atoms. The van der Waals surface area contributed by atoms with Crippen molar-refractivity contribution >= 4 is 92.3 Å². The van der Waals surface area contributed by atoms with Crippen LogP contribution in [0, 0.1) is 0 Å². The maximum Gasteiger partial charge on any atom is 0.263 e. The summed E-state index contributed by atoms with van der Waals surface area (Å²) < 4.78 is 6.82. The van der Waals surface area contributed by atoms with Gasteiger partial charge in [0.1, 0.15) is 0 Å². The van der Waals surface area contributed by atoms with Crippen LogP contribution in [0.2, 0.25) is 0 Å². The van der Waals surface area contributed by atoms with Crippen LogP contribution in [0.25, 0.3) is 115 Å². The van der Waals surface area contributed by atoms with Crippen molar-refractivity contribution < 1.29 is 0 Å². The number of hydrogen-bond acceptors (Lipinski definition) is 1. The lowest BCUT2D eigenvalue weighted by molar-refractivity contribution is 1.18. The lowest BCUT2D eigenvalue weighted by Crippen LogP contribution is -2.12. The Morgan fingerprint density at radius 2 is 0.930 bits per heavy atom. The van der Waals surface area contributed by atoms with Gasteiger partial charge in [0.05, 0.1) is 38.8 Å². The second-order valence-corrected chi connectivity index (χ2v) is 15.2. The zero-order valence-electron chi connectivity index (χ0n) is 30.6. The van der Waals surface area contributed by atoms with Crippen LogP contribution in [-0.2, 0) is 0 Å². The number of aromatic nitrogens is 3. The van der Waals surface area contributed by atoms with Crippen LogP contribution in [0.1, 0.15) is 0 Å². The number of para-hydroxylation sites is 4. The first-order valence-corrected chi connectivity index (χ1v) is 19.5. The Kier molecular flexibility index (Phi) is 6.01. The highest BCUT2D eigenvalue weighted by Gasteiger charge is 2.23. The fourth-order valence-electron chi connectivity index (χ4n) is 10.0. The van der Waals surface area contributed by atoms with Crippen molar-refractivity contribution in [1.82, 2.24) is 13.5 Å².